The molecule has 0 bridgehead atoms. The first-order valence-corrected chi connectivity index (χ1v) is 13.5. The highest BCUT2D eigenvalue weighted by molar-refractivity contribution is 5.54. The molecule has 0 spiro atoms. The van der Waals surface area contributed by atoms with Crippen LogP contribution in [0.25, 0.3) is 0 Å². The molecule has 4 nitrogen and oxygen atoms in total. The van der Waals surface area contributed by atoms with Crippen molar-refractivity contribution in [3.8, 4) is 5.75 Å². The maximum atomic E-state index is 13.7. The lowest BCUT2D eigenvalue weighted by Crippen LogP contribution is -2.51. The Morgan fingerprint density at radius 3 is 2.41 bits per heavy atom. The molecule has 0 aliphatic carbocycles. The highest BCUT2D eigenvalue weighted by atomic mass is 19.1. The van der Waals surface area contributed by atoms with Gasteiger partial charge in [0.1, 0.15) is 29.4 Å². The Morgan fingerprint density at radius 1 is 0.846 bits per heavy atom. The van der Waals surface area contributed by atoms with Crippen LogP contribution in [0.1, 0.15) is 47.8 Å². The monoisotopic (exact) mass is 525 g/mol. The topological polar surface area (TPSA) is 39.7 Å². The minimum absolute atomic E-state index is 0.240. The Morgan fingerprint density at radius 2 is 1.62 bits per heavy atom. The van der Waals surface area contributed by atoms with E-state index in [0.717, 1.165) is 34.5 Å². The number of nitrogens with one attached hydrogen (secondary N) is 1. The van der Waals surface area contributed by atoms with Gasteiger partial charge in [0.05, 0.1) is 13.2 Å². The largest absolute Gasteiger partial charge is 0.485 e. The average molecular weight is 526 g/mol. The van der Waals surface area contributed by atoms with Crippen molar-refractivity contribution < 1.29 is 18.6 Å². The van der Waals surface area contributed by atoms with Gasteiger partial charge in [0, 0.05) is 17.8 Å². The van der Waals surface area contributed by atoms with Crippen LogP contribution < -0.4 is 10.1 Å². The van der Waals surface area contributed by atoms with E-state index in [4.69, 9.17) is 14.2 Å². The first-order chi connectivity index (χ1) is 18.9. The lowest BCUT2D eigenvalue weighted by Gasteiger charge is -2.44. The molecule has 1 N–H and O–H groups in total. The van der Waals surface area contributed by atoms with Gasteiger partial charge >= 0.3 is 0 Å². The van der Waals surface area contributed by atoms with E-state index in [1.807, 2.05) is 48.5 Å². The van der Waals surface area contributed by atoms with Gasteiger partial charge in [-0.2, -0.15) is 0 Å². The van der Waals surface area contributed by atoms with E-state index in [9.17, 15) is 4.39 Å². The predicted molar refractivity (Wildman–Crippen MR) is 153 cm³/mol. The van der Waals surface area contributed by atoms with E-state index >= 15 is 0 Å². The minimum atomic E-state index is -0.608. The van der Waals surface area contributed by atoms with Crippen molar-refractivity contribution in [3.05, 3.63) is 131 Å². The molecule has 202 valence electrons. The van der Waals surface area contributed by atoms with Crippen molar-refractivity contribution in [3.63, 3.8) is 0 Å². The molecule has 1 aliphatic heterocycles. The van der Waals surface area contributed by atoms with E-state index in [-0.39, 0.29) is 18.0 Å². The van der Waals surface area contributed by atoms with Crippen LogP contribution in [0.5, 0.6) is 5.75 Å². The van der Waals surface area contributed by atoms with Gasteiger partial charge in [0.25, 0.3) is 0 Å². The molecule has 5 heteroatoms. The summed E-state index contributed by atoms with van der Waals surface area (Å²) in [4.78, 5) is 0. The number of hydrogen-bond acceptors (Lipinski definition) is 4. The van der Waals surface area contributed by atoms with E-state index in [1.54, 1.807) is 12.1 Å². The van der Waals surface area contributed by atoms with E-state index in [2.05, 4.69) is 56.4 Å². The maximum Gasteiger partial charge on any atom is 0.132 e. The predicted octanol–water partition coefficient (Wildman–Crippen LogP) is 7.80. The van der Waals surface area contributed by atoms with Crippen molar-refractivity contribution in [2.75, 3.05) is 11.9 Å². The highest BCUT2D eigenvalue weighted by Crippen LogP contribution is 2.44. The Balaban J connectivity index is 1.40. The van der Waals surface area contributed by atoms with Crippen LogP contribution >= 0.6 is 0 Å². The molecule has 2 unspecified atom stereocenters. The second kappa shape index (κ2) is 12.0. The first kappa shape index (κ1) is 26.9. The molecule has 0 radical (unpaired) electrons. The number of benzene rings is 4. The second-order valence-electron chi connectivity index (χ2n) is 10.6. The first-order valence-electron chi connectivity index (χ1n) is 13.5. The van der Waals surface area contributed by atoms with Crippen molar-refractivity contribution in [2.45, 2.75) is 58.2 Å². The summed E-state index contributed by atoms with van der Waals surface area (Å²) < 4.78 is 33.4. The molecule has 1 heterocycles. The van der Waals surface area contributed by atoms with Gasteiger partial charge in [0.2, 0.25) is 0 Å². The molecule has 0 fully saturated rings. The quantitative estimate of drug-likeness (QED) is 0.229. The van der Waals surface area contributed by atoms with Gasteiger partial charge in [-0.1, -0.05) is 66.7 Å². The van der Waals surface area contributed by atoms with Crippen LogP contribution in [0.15, 0.2) is 97.1 Å². The summed E-state index contributed by atoms with van der Waals surface area (Å²) in [6, 6.07) is 31.3. The fourth-order valence-corrected chi connectivity index (χ4v) is 5.06. The number of aryl methyl sites for hydroxylation is 1. The lowest BCUT2D eigenvalue weighted by molar-refractivity contribution is -0.167. The van der Waals surface area contributed by atoms with Gasteiger partial charge in [-0.05, 0) is 79.8 Å². The summed E-state index contributed by atoms with van der Waals surface area (Å²) in [6.45, 7) is 7.74. The standard InChI is InChI=1S/C34H36FNO3/c1-24-10-7-8-14-27(24)23-38-33-32(37-19-18-25-11-5-4-6-12-25)30-21-29(16-17-31(30)39-34(33,2)3)36-22-26-13-9-15-28(35)20-26/h4-17,20-21,32-33,36H,18-19,22-23H2,1-3H3. The third-order valence-electron chi connectivity index (χ3n) is 7.25. The van der Waals surface area contributed by atoms with Gasteiger partial charge < -0.3 is 19.5 Å². The summed E-state index contributed by atoms with van der Waals surface area (Å²) in [5, 5.41) is 3.42. The molecule has 5 rings (SSSR count). The zero-order valence-electron chi connectivity index (χ0n) is 22.8. The number of ether oxygens (including phenoxy) is 3. The highest BCUT2D eigenvalue weighted by Gasteiger charge is 2.45. The number of hydrogen-bond donors (Lipinski definition) is 1. The summed E-state index contributed by atoms with van der Waals surface area (Å²) in [6.07, 6.45) is 0.141. The molecule has 39 heavy (non-hydrogen) atoms. The van der Waals surface area contributed by atoms with Crippen LogP contribution in [-0.2, 0) is 29.0 Å². The molecular weight excluding hydrogens is 489 g/mol. The van der Waals surface area contributed by atoms with Crippen LogP contribution in [0.3, 0.4) is 0 Å². The molecule has 2 atom stereocenters. The number of halogens is 1. The van der Waals surface area contributed by atoms with Crippen LogP contribution in [-0.4, -0.2) is 18.3 Å². The minimum Gasteiger partial charge on any atom is -0.485 e. The fraction of sp³-hybridized carbons (Fsp3) is 0.294. The van der Waals surface area contributed by atoms with E-state index in [1.165, 1.54) is 17.2 Å². The Kier molecular flexibility index (Phi) is 8.30. The van der Waals surface area contributed by atoms with E-state index < -0.39 is 5.60 Å². The zero-order valence-corrected chi connectivity index (χ0v) is 22.8. The SMILES string of the molecule is Cc1ccccc1COC1C(OCCc2ccccc2)c2cc(NCc3cccc(F)c3)ccc2OC1(C)C. The number of rotatable bonds is 10. The van der Waals surface area contributed by atoms with Crippen molar-refractivity contribution >= 4 is 5.69 Å². The Hall–Kier alpha value is -3.67. The van der Waals surface area contributed by atoms with Crippen LogP contribution in [0, 0.1) is 12.7 Å². The van der Waals surface area contributed by atoms with Gasteiger partial charge in [-0.25, -0.2) is 4.39 Å². The Bertz CT molecular complexity index is 1390. The van der Waals surface area contributed by atoms with Gasteiger partial charge in [-0.15, -0.1) is 0 Å². The number of fused-ring (bicyclic) bond motifs is 1. The normalized spacial score (nSPS) is 17.7. The van der Waals surface area contributed by atoms with Crippen LogP contribution in [0.4, 0.5) is 10.1 Å². The third-order valence-corrected chi connectivity index (χ3v) is 7.25. The van der Waals surface area contributed by atoms with Crippen molar-refractivity contribution in [1.82, 2.24) is 0 Å². The van der Waals surface area contributed by atoms with Crippen LogP contribution in [0.2, 0.25) is 0 Å². The Labute approximate surface area is 230 Å². The molecular formula is C34H36FNO3. The summed E-state index contributed by atoms with van der Waals surface area (Å²) >= 11 is 0. The summed E-state index contributed by atoms with van der Waals surface area (Å²) in [5.41, 5.74) is 5.69. The maximum absolute atomic E-state index is 13.7. The van der Waals surface area contributed by atoms with Crippen molar-refractivity contribution in [1.29, 1.82) is 0 Å². The second-order valence-corrected chi connectivity index (χ2v) is 10.6. The fourth-order valence-electron chi connectivity index (χ4n) is 5.06. The van der Waals surface area contributed by atoms with Crippen molar-refractivity contribution in [2.24, 2.45) is 0 Å². The molecule has 0 saturated heterocycles. The molecule has 0 amide bonds. The molecule has 0 aromatic heterocycles. The third kappa shape index (κ3) is 6.67. The number of anilines is 1. The van der Waals surface area contributed by atoms with E-state index in [0.29, 0.717) is 19.8 Å². The van der Waals surface area contributed by atoms with Gasteiger partial charge in [-0.3, -0.25) is 0 Å². The smallest absolute Gasteiger partial charge is 0.132 e. The molecule has 1 aliphatic rings. The summed E-state index contributed by atoms with van der Waals surface area (Å²) in [7, 11) is 0. The zero-order chi connectivity index (χ0) is 27.2. The average Bonchev–Trinajstić information content (AvgIpc) is 2.92. The molecule has 4 aromatic rings. The van der Waals surface area contributed by atoms with Gasteiger partial charge in [0.15, 0.2) is 0 Å². The molecule has 4 aromatic carbocycles. The molecule has 0 saturated carbocycles. The summed E-state index contributed by atoms with van der Waals surface area (Å²) in [5.74, 6) is 0.549. The lowest BCUT2D eigenvalue weighted by atomic mass is 9.87.